The highest BCUT2D eigenvalue weighted by atomic mass is 16.5. The number of fused-ring (bicyclic) bond motifs is 1. The fourth-order valence-electron chi connectivity index (χ4n) is 4.26. The zero-order valence-electron chi connectivity index (χ0n) is 20.8. The molecule has 0 spiro atoms. The van der Waals surface area contributed by atoms with Gasteiger partial charge in [-0.2, -0.15) is 0 Å². The predicted molar refractivity (Wildman–Crippen MR) is 136 cm³/mol. The molecule has 2 N–H and O–H groups in total. The Labute approximate surface area is 210 Å². The third-order valence-corrected chi connectivity index (χ3v) is 6.05. The first-order valence-corrected chi connectivity index (χ1v) is 11.5. The molecule has 1 heterocycles. The molecule has 0 aliphatic carbocycles. The Morgan fingerprint density at radius 2 is 1.28 bits per heavy atom. The van der Waals surface area contributed by atoms with E-state index in [0.29, 0.717) is 17.2 Å². The zero-order valence-corrected chi connectivity index (χ0v) is 20.8. The van der Waals surface area contributed by atoms with Crippen LogP contribution < -0.4 is 14.2 Å². The molecule has 0 bridgehead atoms. The molecule has 3 aromatic carbocycles. The number of piperazine rings is 1. The molecule has 1 saturated heterocycles. The number of nitrogens with zero attached hydrogens (tertiary/aromatic N) is 2. The van der Waals surface area contributed by atoms with E-state index in [-0.39, 0.29) is 0 Å². The maximum absolute atomic E-state index is 9.10. The van der Waals surface area contributed by atoms with E-state index in [1.165, 1.54) is 21.9 Å². The van der Waals surface area contributed by atoms with Crippen LogP contribution in [0.4, 0.5) is 0 Å². The average molecular weight is 497 g/mol. The van der Waals surface area contributed by atoms with Crippen LogP contribution in [0.3, 0.4) is 0 Å². The lowest BCUT2D eigenvalue weighted by atomic mass is 10.0. The molecule has 9 heteroatoms. The predicted octanol–water partition coefficient (Wildman–Crippen LogP) is 3.34. The van der Waals surface area contributed by atoms with Gasteiger partial charge >= 0.3 is 11.9 Å². The summed E-state index contributed by atoms with van der Waals surface area (Å²) in [6, 6.07) is 19.3. The minimum absolute atomic E-state index is 0.642. The van der Waals surface area contributed by atoms with Crippen molar-refractivity contribution in [3.63, 3.8) is 0 Å². The van der Waals surface area contributed by atoms with E-state index in [1.54, 1.807) is 21.3 Å². The molecule has 0 atom stereocenters. The summed E-state index contributed by atoms with van der Waals surface area (Å²) in [6.45, 7) is 6.09. The zero-order chi connectivity index (χ0) is 26.1. The van der Waals surface area contributed by atoms with Gasteiger partial charge in [0.2, 0.25) is 5.75 Å². The van der Waals surface area contributed by atoms with Crippen LogP contribution in [0, 0.1) is 0 Å². The van der Waals surface area contributed by atoms with Gasteiger partial charge in [-0.1, -0.05) is 42.5 Å². The largest absolute Gasteiger partial charge is 0.493 e. The molecular weight excluding hydrogens is 464 g/mol. The summed E-state index contributed by atoms with van der Waals surface area (Å²) < 4.78 is 16.4. The van der Waals surface area contributed by atoms with Crippen LogP contribution >= 0.6 is 0 Å². The van der Waals surface area contributed by atoms with Crippen molar-refractivity contribution in [1.82, 2.24) is 9.80 Å². The smallest absolute Gasteiger partial charge is 0.414 e. The lowest BCUT2D eigenvalue weighted by molar-refractivity contribution is -0.159. The number of hydrogen-bond donors (Lipinski definition) is 2. The van der Waals surface area contributed by atoms with Crippen LogP contribution in [0.2, 0.25) is 0 Å². The Hall–Kier alpha value is -3.82. The summed E-state index contributed by atoms with van der Waals surface area (Å²) in [4.78, 5) is 23.2. The number of benzene rings is 3. The van der Waals surface area contributed by atoms with Gasteiger partial charge in [0.15, 0.2) is 11.5 Å². The number of carbonyl (C=O) groups is 2. The minimum atomic E-state index is -1.82. The van der Waals surface area contributed by atoms with E-state index in [0.717, 1.165) is 39.3 Å². The summed E-state index contributed by atoms with van der Waals surface area (Å²) >= 11 is 0. The first-order chi connectivity index (χ1) is 17.4. The molecule has 1 aliphatic rings. The van der Waals surface area contributed by atoms with E-state index < -0.39 is 11.9 Å². The third-order valence-electron chi connectivity index (χ3n) is 6.05. The van der Waals surface area contributed by atoms with Crippen LogP contribution in [0.5, 0.6) is 17.2 Å². The molecule has 192 valence electrons. The molecule has 0 aromatic heterocycles. The van der Waals surface area contributed by atoms with Crippen molar-refractivity contribution in [2.24, 2.45) is 0 Å². The molecule has 0 radical (unpaired) electrons. The van der Waals surface area contributed by atoms with Gasteiger partial charge in [0.25, 0.3) is 0 Å². The van der Waals surface area contributed by atoms with E-state index in [1.807, 2.05) is 12.1 Å². The maximum atomic E-state index is 9.10. The summed E-state index contributed by atoms with van der Waals surface area (Å²) in [5.41, 5.74) is 2.58. The molecule has 9 nitrogen and oxygen atoms in total. The van der Waals surface area contributed by atoms with Gasteiger partial charge in [-0.25, -0.2) is 9.59 Å². The van der Waals surface area contributed by atoms with Crippen LogP contribution in [-0.4, -0.2) is 79.5 Å². The number of hydrogen-bond acceptors (Lipinski definition) is 7. The van der Waals surface area contributed by atoms with E-state index in [4.69, 9.17) is 34.0 Å². The first-order valence-electron chi connectivity index (χ1n) is 11.5. The van der Waals surface area contributed by atoms with Crippen molar-refractivity contribution >= 4 is 22.7 Å². The van der Waals surface area contributed by atoms with E-state index in [9.17, 15) is 0 Å². The van der Waals surface area contributed by atoms with Gasteiger partial charge in [0, 0.05) is 39.3 Å². The Balaban J connectivity index is 0.000000538. The highest BCUT2D eigenvalue weighted by molar-refractivity contribution is 6.27. The summed E-state index contributed by atoms with van der Waals surface area (Å²) in [5.74, 6) is -1.59. The van der Waals surface area contributed by atoms with Crippen molar-refractivity contribution in [2.45, 2.75) is 13.1 Å². The third kappa shape index (κ3) is 6.87. The molecule has 1 aliphatic heterocycles. The number of aliphatic carboxylic acids is 2. The van der Waals surface area contributed by atoms with Gasteiger partial charge in [-0.15, -0.1) is 0 Å². The fourth-order valence-corrected chi connectivity index (χ4v) is 4.26. The molecule has 4 rings (SSSR count). The number of methoxy groups -OCH3 is 3. The quantitative estimate of drug-likeness (QED) is 0.476. The number of ether oxygens (including phenoxy) is 3. The van der Waals surface area contributed by atoms with Crippen LogP contribution in [0.25, 0.3) is 10.8 Å². The molecular formula is C27H32N2O7. The van der Waals surface area contributed by atoms with Gasteiger partial charge in [0.05, 0.1) is 21.3 Å². The first kappa shape index (κ1) is 26.8. The summed E-state index contributed by atoms with van der Waals surface area (Å²) in [6.07, 6.45) is 0. The maximum Gasteiger partial charge on any atom is 0.414 e. The Bertz CT molecular complexity index is 1150. The van der Waals surface area contributed by atoms with Crippen molar-refractivity contribution in [2.75, 3.05) is 47.5 Å². The van der Waals surface area contributed by atoms with Crippen molar-refractivity contribution in [1.29, 1.82) is 0 Å². The SMILES string of the molecule is COc1cc(CN2CCN(Cc3cccc4ccccc34)CC2)cc(OC)c1OC.O=C(O)C(=O)O. The van der Waals surface area contributed by atoms with E-state index >= 15 is 0 Å². The van der Waals surface area contributed by atoms with Crippen molar-refractivity contribution < 1.29 is 34.0 Å². The molecule has 36 heavy (non-hydrogen) atoms. The second-order valence-electron chi connectivity index (χ2n) is 8.33. The topological polar surface area (TPSA) is 109 Å². The number of carboxylic acids is 2. The Morgan fingerprint density at radius 1 is 0.750 bits per heavy atom. The summed E-state index contributed by atoms with van der Waals surface area (Å²) in [5, 5.41) is 17.5. The molecule has 0 amide bonds. The normalized spacial score (nSPS) is 14.0. The molecule has 3 aromatic rings. The van der Waals surface area contributed by atoms with Crippen LogP contribution in [0.15, 0.2) is 54.6 Å². The van der Waals surface area contributed by atoms with Gasteiger partial charge in [0.1, 0.15) is 0 Å². The second kappa shape index (κ2) is 12.8. The monoisotopic (exact) mass is 496 g/mol. The van der Waals surface area contributed by atoms with Crippen molar-refractivity contribution in [3.05, 3.63) is 65.7 Å². The fraction of sp³-hybridized carbons (Fsp3) is 0.333. The lowest BCUT2D eigenvalue weighted by Crippen LogP contribution is -2.45. The average Bonchev–Trinajstić information content (AvgIpc) is 2.89. The highest BCUT2D eigenvalue weighted by Gasteiger charge is 2.20. The van der Waals surface area contributed by atoms with Gasteiger partial charge < -0.3 is 24.4 Å². The molecule has 0 saturated carbocycles. The molecule has 0 unspecified atom stereocenters. The lowest BCUT2D eigenvalue weighted by Gasteiger charge is -2.35. The Kier molecular flexibility index (Phi) is 9.49. The van der Waals surface area contributed by atoms with E-state index in [2.05, 4.69) is 52.3 Å². The second-order valence-corrected chi connectivity index (χ2v) is 8.33. The van der Waals surface area contributed by atoms with Gasteiger partial charge in [-0.05, 0) is 34.0 Å². The Morgan fingerprint density at radius 3 is 1.81 bits per heavy atom. The van der Waals surface area contributed by atoms with Crippen LogP contribution in [-0.2, 0) is 22.7 Å². The number of carboxylic acid groups (broad SMARTS) is 2. The summed E-state index contributed by atoms with van der Waals surface area (Å²) in [7, 11) is 4.95. The highest BCUT2D eigenvalue weighted by Crippen LogP contribution is 2.38. The van der Waals surface area contributed by atoms with Crippen LogP contribution in [0.1, 0.15) is 11.1 Å². The standard InChI is InChI=1S/C25H30N2O3.C2H2O4/c1-28-23-15-19(16-24(29-2)25(23)30-3)17-26-11-13-27(14-12-26)18-21-9-6-8-20-7-4-5-10-22(20)21;3-1(4)2(5)6/h4-10,15-16H,11-14,17-18H2,1-3H3;(H,3,4)(H,5,6). The van der Waals surface area contributed by atoms with Crippen molar-refractivity contribution in [3.8, 4) is 17.2 Å². The molecule has 1 fully saturated rings. The minimum Gasteiger partial charge on any atom is -0.493 e. The number of rotatable bonds is 7. The van der Waals surface area contributed by atoms with Gasteiger partial charge in [-0.3, -0.25) is 9.80 Å².